The van der Waals surface area contributed by atoms with E-state index in [9.17, 15) is 8.42 Å². The van der Waals surface area contributed by atoms with E-state index in [0.717, 1.165) is 0 Å². The maximum Gasteiger partial charge on any atom is 0.242 e. The summed E-state index contributed by atoms with van der Waals surface area (Å²) in [5.41, 5.74) is 0. The van der Waals surface area contributed by atoms with Crippen LogP contribution in [0.3, 0.4) is 0 Å². The number of halogens is 1. The smallest absolute Gasteiger partial charge is 0.242 e. The van der Waals surface area contributed by atoms with Crippen LogP contribution in [0.4, 0.5) is 0 Å². The molecule has 1 rings (SSSR count). The zero-order valence-corrected chi connectivity index (χ0v) is 12.3. The van der Waals surface area contributed by atoms with Gasteiger partial charge in [0.1, 0.15) is 4.90 Å². The van der Waals surface area contributed by atoms with E-state index in [1.807, 2.05) is 0 Å². The molecular formula is C10H16BrN3O3S. The molecule has 6 nitrogen and oxygen atoms in total. The fourth-order valence-electron chi connectivity index (χ4n) is 1.21. The van der Waals surface area contributed by atoms with Crippen LogP contribution in [0.15, 0.2) is 27.8 Å². The van der Waals surface area contributed by atoms with Crippen LogP contribution in [0.2, 0.25) is 0 Å². The third-order valence-corrected chi connectivity index (χ3v) is 3.89. The van der Waals surface area contributed by atoms with Gasteiger partial charge in [0.25, 0.3) is 0 Å². The fourth-order valence-corrected chi connectivity index (χ4v) is 2.74. The Balaban J connectivity index is 2.46. The second-order valence-corrected chi connectivity index (χ2v) is 6.47. The first kappa shape index (κ1) is 15.5. The number of aliphatic hydroxyl groups excluding tert-OH is 1. The third-order valence-electron chi connectivity index (χ3n) is 2.02. The molecule has 0 radical (unpaired) electrons. The molecule has 0 amide bonds. The SMILES string of the molecule is CC(O)CNCCNS(=O)(=O)c1cncc(Br)c1. The maximum atomic E-state index is 11.8. The van der Waals surface area contributed by atoms with Crippen LogP contribution in [-0.4, -0.2) is 44.2 Å². The summed E-state index contributed by atoms with van der Waals surface area (Å²) in [6.45, 7) is 2.79. The van der Waals surface area contributed by atoms with Crippen LogP contribution in [0.1, 0.15) is 6.92 Å². The van der Waals surface area contributed by atoms with Gasteiger partial charge in [-0.1, -0.05) is 0 Å². The molecule has 0 fully saturated rings. The number of hydrogen-bond acceptors (Lipinski definition) is 5. The fraction of sp³-hybridized carbons (Fsp3) is 0.500. The van der Waals surface area contributed by atoms with Crippen molar-refractivity contribution < 1.29 is 13.5 Å². The first-order valence-corrected chi connectivity index (χ1v) is 7.68. The molecule has 1 atom stereocenters. The Morgan fingerprint density at radius 1 is 1.44 bits per heavy atom. The van der Waals surface area contributed by atoms with Crippen LogP contribution in [0.5, 0.6) is 0 Å². The standard InChI is InChI=1S/C10H16BrN3O3S/c1-8(15)5-12-2-3-14-18(16,17)10-4-9(11)6-13-7-10/h4,6-8,12,14-15H,2-3,5H2,1H3. The van der Waals surface area contributed by atoms with E-state index in [1.54, 1.807) is 6.92 Å². The van der Waals surface area contributed by atoms with E-state index < -0.39 is 16.1 Å². The summed E-state index contributed by atoms with van der Waals surface area (Å²) in [4.78, 5) is 3.92. The first-order valence-electron chi connectivity index (χ1n) is 5.41. The van der Waals surface area contributed by atoms with Gasteiger partial charge in [0.15, 0.2) is 0 Å². The Labute approximate surface area is 115 Å². The maximum absolute atomic E-state index is 11.8. The highest BCUT2D eigenvalue weighted by atomic mass is 79.9. The number of aliphatic hydroxyl groups is 1. The van der Waals surface area contributed by atoms with Gasteiger partial charge >= 0.3 is 0 Å². The van der Waals surface area contributed by atoms with Crippen LogP contribution < -0.4 is 10.0 Å². The van der Waals surface area contributed by atoms with Crippen molar-refractivity contribution in [2.45, 2.75) is 17.9 Å². The number of sulfonamides is 1. The summed E-state index contributed by atoms with van der Waals surface area (Å²) >= 11 is 3.17. The van der Waals surface area contributed by atoms with Gasteiger partial charge in [0.05, 0.1) is 6.10 Å². The molecule has 1 unspecified atom stereocenters. The van der Waals surface area contributed by atoms with Gasteiger partial charge in [0.2, 0.25) is 10.0 Å². The molecule has 0 saturated heterocycles. The lowest BCUT2D eigenvalue weighted by Gasteiger charge is -2.08. The highest BCUT2D eigenvalue weighted by Crippen LogP contribution is 2.13. The summed E-state index contributed by atoms with van der Waals surface area (Å²) < 4.78 is 26.7. The summed E-state index contributed by atoms with van der Waals surface area (Å²) in [7, 11) is -3.53. The first-order chi connectivity index (χ1) is 8.42. The normalized spacial score (nSPS) is 13.5. The van der Waals surface area contributed by atoms with Crippen molar-refractivity contribution in [1.82, 2.24) is 15.0 Å². The molecule has 102 valence electrons. The molecule has 0 saturated carbocycles. The summed E-state index contributed by atoms with van der Waals surface area (Å²) in [5.74, 6) is 0. The summed E-state index contributed by atoms with van der Waals surface area (Å²) in [6, 6.07) is 1.48. The largest absolute Gasteiger partial charge is 0.392 e. The monoisotopic (exact) mass is 337 g/mol. The van der Waals surface area contributed by atoms with Crippen LogP contribution in [0, 0.1) is 0 Å². The second kappa shape index (κ2) is 7.15. The minimum atomic E-state index is -3.53. The molecule has 0 aromatic carbocycles. The van der Waals surface area contributed by atoms with Crippen molar-refractivity contribution in [2.24, 2.45) is 0 Å². The lowest BCUT2D eigenvalue weighted by molar-refractivity contribution is 0.192. The number of rotatable bonds is 7. The highest BCUT2D eigenvalue weighted by Gasteiger charge is 2.13. The van der Waals surface area contributed by atoms with E-state index in [1.165, 1.54) is 18.5 Å². The molecule has 1 heterocycles. The Kier molecular flexibility index (Phi) is 6.16. The molecule has 1 aromatic rings. The number of aromatic nitrogens is 1. The molecule has 0 spiro atoms. The van der Waals surface area contributed by atoms with Crippen molar-refractivity contribution in [3.63, 3.8) is 0 Å². The molecule has 0 aliphatic carbocycles. The van der Waals surface area contributed by atoms with Gasteiger partial charge in [-0.15, -0.1) is 0 Å². The molecule has 0 bridgehead atoms. The van der Waals surface area contributed by atoms with E-state index in [0.29, 0.717) is 17.6 Å². The van der Waals surface area contributed by atoms with Crippen molar-refractivity contribution in [3.05, 3.63) is 22.9 Å². The van der Waals surface area contributed by atoms with Crippen LogP contribution >= 0.6 is 15.9 Å². The number of pyridine rings is 1. The van der Waals surface area contributed by atoms with Gasteiger partial charge in [0, 0.05) is 36.5 Å². The zero-order valence-electron chi connectivity index (χ0n) is 9.93. The molecule has 0 aliphatic rings. The van der Waals surface area contributed by atoms with Crippen molar-refractivity contribution in [1.29, 1.82) is 0 Å². The molecule has 3 N–H and O–H groups in total. The topological polar surface area (TPSA) is 91.3 Å². The van der Waals surface area contributed by atoms with Gasteiger partial charge in [-0.2, -0.15) is 0 Å². The summed E-state index contributed by atoms with van der Waals surface area (Å²) in [6.07, 6.45) is 2.36. The average Bonchev–Trinajstić information content (AvgIpc) is 2.28. The van der Waals surface area contributed by atoms with Crippen molar-refractivity contribution in [3.8, 4) is 0 Å². The predicted octanol–water partition coefficient (Wildman–Crippen LogP) is 0.0928. The van der Waals surface area contributed by atoms with Crippen molar-refractivity contribution in [2.75, 3.05) is 19.6 Å². The Hall–Kier alpha value is -0.540. The van der Waals surface area contributed by atoms with Gasteiger partial charge in [-0.3, -0.25) is 4.98 Å². The Morgan fingerprint density at radius 2 is 2.17 bits per heavy atom. The Morgan fingerprint density at radius 3 is 2.78 bits per heavy atom. The quantitative estimate of drug-likeness (QED) is 0.613. The average molecular weight is 338 g/mol. The molecule has 0 aliphatic heterocycles. The summed E-state index contributed by atoms with van der Waals surface area (Å²) in [5, 5.41) is 11.9. The van der Waals surface area contributed by atoms with E-state index in [2.05, 4.69) is 31.0 Å². The molecule has 18 heavy (non-hydrogen) atoms. The molecular weight excluding hydrogens is 322 g/mol. The van der Waals surface area contributed by atoms with E-state index in [4.69, 9.17) is 5.11 Å². The number of nitrogens with zero attached hydrogens (tertiary/aromatic N) is 1. The Bertz CT molecular complexity index is 479. The minimum Gasteiger partial charge on any atom is -0.392 e. The van der Waals surface area contributed by atoms with Gasteiger partial charge in [-0.05, 0) is 28.9 Å². The number of nitrogens with one attached hydrogen (secondary N) is 2. The number of hydrogen-bond donors (Lipinski definition) is 3. The van der Waals surface area contributed by atoms with E-state index in [-0.39, 0.29) is 11.4 Å². The van der Waals surface area contributed by atoms with E-state index >= 15 is 0 Å². The predicted molar refractivity (Wildman–Crippen MR) is 71.7 cm³/mol. The third kappa shape index (κ3) is 5.40. The van der Waals surface area contributed by atoms with Crippen LogP contribution in [0.25, 0.3) is 0 Å². The zero-order chi connectivity index (χ0) is 13.6. The van der Waals surface area contributed by atoms with Gasteiger partial charge in [-0.25, -0.2) is 13.1 Å². The second-order valence-electron chi connectivity index (χ2n) is 3.79. The van der Waals surface area contributed by atoms with Crippen molar-refractivity contribution >= 4 is 26.0 Å². The lowest BCUT2D eigenvalue weighted by atomic mass is 10.4. The lowest BCUT2D eigenvalue weighted by Crippen LogP contribution is -2.34. The minimum absolute atomic E-state index is 0.118. The van der Waals surface area contributed by atoms with Crippen LogP contribution in [-0.2, 0) is 10.0 Å². The van der Waals surface area contributed by atoms with Gasteiger partial charge < -0.3 is 10.4 Å². The molecule has 1 aromatic heterocycles. The highest BCUT2D eigenvalue weighted by molar-refractivity contribution is 9.10. The molecule has 8 heteroatoms.